The zero-order chi connectivity index (χ0) is 10.6. The molecule has 2 N–H and O–H groups in total. The van der Waals surface area contributed by atoms with Crippen molar-refractivity contribution in [3.8, 4) is 0 Å². The van der Waals surface area contributed by atoms with E-state index in [4.69, 9.17) is 0 Å². The van der Waals surface area contributed by atoms with Crippen LogP contribution < -0.4 is 11.2 Å². The molecule has 1 rings (SSSR count). The van der Waals surface area contributed by atoms with Gasteiger partial charge in [0.1, 0.15) is 0 Å². The Morgan fingerprint density at radius 3 is 2.71 bits per heavy atom. The highest BCUT2D eigenvalue weighted by Crippen LogP contribution is 2.00. The Balaban J connectivity index is 3.16. The minimum atomic E-state index is -0.490. The van der Waals surface area contributed by atoms with Crippen LogP contribution in [-0.2, 0) is 0 Å². The first kappa shape index (κ1) is 10.2. The summed E-state index contributed by atoms with van der Waals surface area (Å²) in [6, 6.07) is 0. The molecular formula is C10H12N2O2. The molecule has 1 heterocycles. The van der Waals surface area contributed by atoms with E-state index in [1.165, 1.54) is 6.20 Å². The van der Waals surface area contributed by atoms with Crippen molar-refractivity contribution < 1.29 is 0 Å². The summed E-state index contributed by atoms with van der Waals surface area (Å²) in [6.45, 7) is 3.78. The zero-order valence-corrected chi connectivity index (χ0v) is 8.13. The topological polar surface area (TPSA) is 65.7 Å². The molecule has 0 aliphatic carbocycles. The smallest absolute Gasteiger partial charge is 0.314 e. The Kier molecular flexibility index (Phi) is 3.23. The highest BCUT2D eigenvalue weighted by atomic mass is 16.2. The second-order valence-electron chi connectivity index (χ2n) is 2.92. The predicted molar refractivity (Wildman–Crippen MR) is 56.1 cm³/mol. The molecule has 0 saturated heterocycles. The third-order valence-corrected chi connectivity index (χ3v) is 1.66. The second kappa shape index (κ2) is 4.41. The summed E-state index contributed by atoms with van der Waals surface area (Å²) in [5, 5.41) is 0. The van der Waals surface area contributed by atoms with Gasteiger partial charge in [0.05, 0.1) is 5.56 Å². The normalized spacial score (nSPS) is 12.3. The van der Waals surface area contributed by atoms with E-state index < -0.39 is 5.69 Å². The maximum Gasteiger partial charge on any atom is 0.325 e. The van der Waals surface area contributed by atoms with Gasteiger partial charge in [-0.15, -0.1) is 0 Å². The van der Waals surface area contributed by atoms with Crippen LogP contribution in [0, 0.1) is 0 Å². The standard InChI is InChI=1S/C10H12N2O2/c1-3-4-7(2)5-8-6-11-10(14)12-9(8)13/h3-6H,1-2H3,(H2,11,12,13,14)/b4-3-,7-5-. The van der Waals surface area contributed by atoms with Crippen molar-refractivity contribution in [3.05, 3.63) is 50.3 Å². The molecule has 0 aromatic carbocycles. The number of hydrogen-bond donors (Lipinski definition) is 2. The Morgan fingerprint density at radius 2 is 2.14 bits per heavy atom. The number of rotatable bonds is 2. The van der Waals surface area contributed by atoms with Crippen molar-refractivity contribution in [2.75, 3.05) is 0 Å². The fourth-order valence-corrected chi connectivity index (χ4v) is 1.08. The number of H-pyrrole nitrogens is 2. The number of aromatic nitrogens is 2. The highest BCUT2D eigenvalue weighted by molar-refractivity contribution is 5.53. The van der Waals surface area contributed by atoms with Crippen LogP contribution in [0.5, 0.6) is 0 Å². The lowest BCUT2D eigenvalue weighted by Gasteiger charge is -1.92. The third-order valence-electron chi connectivity index (χ3n) is 1.66. The van der Waals surface area contributed by atoms with Crippen LogP contribution in [0.4, 0.5) is 0 Å². The SMILES string of the molecule is C/C=C\C(C)=C/c1c[nH]c(=O)[nH]c1=O. The third kappa shape index (κ3) is 2.58. The van der Waals surface area contributed by atoms with Gasteiger partial charge in [0.2, 0.25) is 0 Å². The molecule has 4 nitrogen and oxygen atoms in total. The molecule has 1 aromatic heterocycles. The summed E-state index contributed by atoms with van der Waals surface area (Å²) >= 11 is 0. The van der Waals surface area contributed by atoms with Crippen molar-refractivity contribution in [2.24, 2.45) is 0 Å². The van der Waals surface area contributed by atoms with Gasteiger partial charge in [-0.3, -0.25) is 9.78 Å². The van der Waals surface area contributed by atoms with Gasteiger partial charge in [-0.1, -0.05) is 17.7 Å². The van der Waals surface area contributed by atoms with Crippen molar-refractivity contribution in [1.29, 1.82) is 0 Å². The summed E-state index contributed by atoms with van der Waals surface area (Å²) in [6.07, 6.45) is 6.86. The monoisotopic (exact) mass is 192 g/mol. The van der Waals surface area contributed by atoms with Crippen LogP contribution in [0.1, 0.15) is 19.4 Å². The van der Waals surface area contributed by atoms with E-state index in [1.807, 2.05) is 26.0 Å². The van der Waals surface area contributed by atoms with Gasteiger partial charge >= 0.3 is 5.69 Å². The summed E-state index contributed by atoms with van der Waals surface area (Å²) in [7, 11) is 0. The Bertz CT molecular complexity index is 477. The van der Waals surface area contributed by atoms with Gasteiger partial charge in [-0.05, 0) is 19.9 Å². The maximum absolute atomic E-state index is 11.2. The summed E-state index contributed by atoms with van der Waals surface area (Å²) < 4.78 is 0. The summed E-state index contributed by atoms with van der Waals surface area (Å²) in [4.78, 5) is 26.5. The van der Waals surface area contributed by atoms with E-state index in [1.54, 1.807) is 6.08 Å². The van der Waals surface area contributed by atoms with E-state index in [2.05, 4.69) is 9.97 Å². The molecule has 74 valence electrons. The highest BCUT2D eigenvalue weighted by Gasteiger charge is 1.95. The van der Waals surface area contributed by atoms with Gasteiger partial charge in [0.15, 0.2) is 0 Å². The van der Waals surface area contributed by atoms with Crippen molar-refractivity contribution in [2.45, 2.75) is 13.8 Å². The maximum atomic E-state index is 11.2. The van der Waals surface area contributed by atoms with Crippen LogP contribution in [0.15, 0.2) is 33.5 Å². The van der Waals surface area contributed by atoms with Crippen molar-refractivity contribution >= 4 is 6.08 Å². The van der Waals surface area contributed by atoms with E-state index in [9.17, 15) is 9.59 Å². The minimum Gasteiger partial charge on any atom is -0.314 e. The van der Waals surface area contributed by atoms with Crippen LogP contribution in [0.2, 0.25) is 0 Å². The summed E-state index contributed by atoms with van der Waals surface area (Å²) in [5.41, 5.74) is 0.527. The van der Waals surface area contributed by atoms with E-state index in [0.717, 1.165) is 5.57 Å². The first-order valence-electron chi connectivity index (χ1n) is 4.26. The van der Waals surface area contributed by atoms with Gasteiger partial charge in [-0.25, -0.2) is 4.79 Å². The molecule has 0 spiro atoms. The Hall–Kier alpha value is -1.84. The molecule has 0 amide bonds. The lowest BCUT2D eigenvalue weighted by Crippen LogP contribution is -2.22. The van der Waals surface area contributed by atoms with Gasteiger partial charge in [0.25, 0.3) is 5.56 Å². The first-order chi connectivity index (χ1) is 6.63. The number of nitrogens with one attached hydrogen (secondary N) is 2. The van der Waals surface area contributed by atoms with Crippen molar-refractivity contribution in [1.82, 2.24) is 9.97 Å². The van der Waals surface area contributed by atoms with E-state index in [0.29, 0.717) is 5.56 Å². The van der Waals surface area contributed by atoms with Gasteiger partial charge in [-0.2, -0.15) is 0 Å². The van der Waals surface area contributed by atoms with E-state index >= 15 is 0 Å². The number of aromatic amines is 2. The lowest BCUT2D eigenvalue weighted by molar-refractivity contribution is 1.03. The molecule has 14 heavy (non-hydrogen) atoms. The molecule has 0 unspecified atom stereocenters. The minimum absolute atomic E-state index is 0.377. The van der Waals surface area contributed by atoms with Crippen molar-refractivity contribution in [3.63, 3.8) is 0 Å². The molecule has 0 saturated carbocycles. The molecule has 0 bridgehead atoms. The zero-order valence-electron chi connectivity index (χ0n) is 8.13. The second-order valence-corrected chi connectivity index (χ2v) is 2.92. The molecule has 0 aliphatic rings. The number of hydrogen-bond acceptors (Lipinski definition) is 2. The molecule has 0 aliphatic heterocycles. The Labute approximate surface area is 81.0 Å². The quantitative estimate of drug-likeness (QED) is 0.687. The van der Waals surface area contributed by atoms with Crippen LogP contribution in [-0.4, -0.2) is 9.97 Å². The molecule has 0 radical (unpaired) electrons. The molecular weight excluding hydrogens is 180 g/mol. The average Bonchev–Trinajstić information content (AvgIpc) is 2.10. The van der Waals surface area contributed by atoms with Crippen LogP contribution >= 0.6 is 0 Å². The largest absolute Gasteiger partial charge is 0.325 e. The molecule has 1 aromatic rings. The fourth-order valence-electron chi connectivity index (χ4n) is 1.08. The van der Waals surface area contributed by atoms with Gasteiger partial charge in [0, 0.05) is 6.20 Å². The van der Waals surface area contributed by atoms with Crippen LogP contribution in [0.25, 0.3) is 6.08 Å². The predicted octanol–water partition coefficient (Wildman–Crippen LogP) is 1.04. The molecule has 4 heteroatoms. The molecule has 0 fully saturated rings. The fraction of sp³-hybridized carbons (Fsp3) is 0.200. The van der Waals surface area contributed by atoms with Crippen LogP contribution in [0.3, 0.4) is 0 Å². The Morgan fingerprint density at radius 1 is 1.43 bits per heavy atom. The summed E-state index contributed by atoms with van der Waals surface area (Å²) in [5.74, 6) is 0. The number of allylic oxidation sites excluding steroid dienone is 3. The van der Waals surface area contributed by atoms with Gasteiger partial charge < -0.3 is 4.98 Å². The lowest BCUT2D eigenvalue weighted by atomic mass is 10.2. The first-order valence-corrected chi connectivity index (χ1v) is 4.26. The average molecular weight is 192 g/mol. The van der Waals surface area contributed by atoms with E-state index in [-0.39, 0.29) is 5.56 Å². The molecule has 0 atom stereocenters.